The Labute approximate surface area is 170 Å². The van der Waals surface area contributed by atoms with Crippen LogP contribution in [0.25, 0.3) is 16.5 Å². The van der Waals surface area contributed by atoms with Gasteiger partial charge in [0.1, 0.15) is 5.75 Å². The highest BCUT2D eigenvalue weighted by molar-refractivity contribution is 6.00. The Hall–Kier alpha value is -4.46. The highest BCUT2D eigenvalue weighted by atomic mass is 16.3. The van der Waals surface area contributed by atoms with Crippen LogP contribution in [0.5, 0.6) is 17.5 Å². The molecule has 0 spiro atoms. The minimum atomic E-state index is -0.841. The van der Waals surface area contributed by atoms with Gasteiger partial charge < -0.3 is 15.3 Å². The van der Waals surface area contributed by atoms with Gasteiger partial charge in [0.15, 0.2) is 0 Å². The maximum Gasteiger partial charge on any atom is 0.299 e. The number of hydrogen-bond acceptors (Lipinski definition) is 5. The van der Waals surface area contributed by atoms with Crippen molar-refractivity contribution in [3.8, 4) is 23.2 Å². The maximum absolute atomic E-state index is 12.2. The number of nitrogens with zero attached hydrogens (tertiary/aromatic N) is 3. The molecule has 0 radical (unpaired) electrons. The second-order valence-corrected chi connectivity index (χ2v) is 6.40. The zero-order valence-electron chi connectivity index (χ0n) is 15.4. The number of phenols is 1. The van der Waals surface area contributed by atoms with Crippen molar-refractivity contribution in [1.82, 2.24) is 4.57 Å². The number of fused-ring (bicyclic) bond motifs is 1. The van der Waals surface area contributed by atoms with Crippen molar-refractivity contribution in [1.29, 1.82) is 0 Å². The molecule has 3 aromatic carbocycles. The van der Waals surface area contributed by atoms with Gasteiger partial charge in [0.25, 0.3) is 11.8 Å². The summed E-state index contributed by atoms with van der Waals surface area (Å²) in [6.45, 7) is 0. The number of carbonyl (C=O) groups excluding carboxylic acids is 2. The molecule has 148 valence electrons. The Bertz CT molecular complexity index is 1270. The largest absolute Gasteiger partial charge is 0.507 e. The van der Waals surface area contributed by atoms with E-state index in [0.717, 1.165) is 0 Å². The van der Waals surface area contributed by atoms with Gasteiger partial charge in [-0.15, -0.1) is 10.2 Å². The number of amides is 2. The molecule has 8 nitrogen and oxygen atoms in total. The molecule has 1 heterocycles. The lowest BCUT2D eigenvalue weighted by Gasteiger charge is -2.07. The number of aromatic hydroxyl groups is 3. The molecule has 0 saturated carbocycles. The van der Waals surface area contributed by atoms with E-state index in [1.54, 1.807) is 36.4 Å². The van der Waals surface area contributed by atoms with Gasteiger partial charge in [0, 0.05) is 16.3 Å². The zero-order chi connectivity index (χ0) is 21.3. The van der Waals surface area contributed by atoms with Crippen molar-refractivity contribution >= 4 is 22.6 Å². The number of carbonyl (C=O) groups is 2. The number of rotatable bonds is 3. The first-order valence-electron chi connectivity index (χ1n) is 8.87. The number of azo groups is 1. The Morgan fingerprint density at radius 3 is 1.80 bits per heavy atom. The van der Waals surface area contributed by atoms with E-state index in [0.29, 0.717) is 16.5 Å². The predicted octanol–water partition coefficient (Wildman–Crippen LogP) is 4.18. The van der Waals surface area contributed by atoms with Gasteiger partial charge in [-0.1, -0.05) is 24.3 Å². The standard InChI is InChI=1S/C22H15N3O5/c26-18-8-4-3-7-17(18)20(28)24-23-19(27)13-9-11-14(12-10-13)25-21(29)15-5-1-2-6-16(15)22(25)30/h1-12,26,29-30H. The van der Waals surface area contributed by atoms with E-state index in [4.69, 9.17) is 0 Å². The van der Waals surface area contributed by atoms with Crippen LogP contribution in [0.3, 0.4) is 0 Å². The van der Waals surface area contributed by atoms with Gasteiger partial charge in [-0.05, 0) is 48.5 Å². The first-order chi connectivity index (χ1) is 14.5. The van der Waals surface area contributed by atoms with Crippen molar-refractivity contribution in [3.05, 3.63) is 83.9 Å². The molecule has 0 aliphatic heterocycles. The fraction of sp³-hybridized carbons (Fsp3) is 0. The fourth-order valence-electron chi connectivity index (χ4n) is 3.07. The van der Waals surface area contributed by atoms with Gasteiger partial charge in [-0.3, -0.25) is 14.2 Å². The smallest absolute Gasteiger partial charge is 0.299 e. The molecule has 0 saturated heterocycles. The van der Waals surface area contributed by atoms with Crippen LogP contribution in [-0.2, 0) is 0 Å². The molecule has 1 aromatic heterocycles. The summed E-state index contributed by atoms with van der Waals surface area (Å²) >= 11 is 0. The molecule has 8 heteroatoms. The third-order valence-corrected chi connectivity index (χ3v) is 4.57. The summed E-state index contributed by atoms with van der Waals surface area (Å²) in [5, 5.41) is 38.2. The Morgan fingerprint density at radius 2 is 1.20 bits per heavy atom. The van der Waals surface area contributed by atoms with Crippen LogP contribution >= 0.6 is 0 Å². The van der Waals surface area contributed by atoms with E-state index in [-0.39, 0.29) is 28.6 Å². The van der Waals surface area contributed by atoms with E-state index < -0.39 is 11.8 Å². The third-order valence-electron chi connectivity index (χ3n) is 4.57. The van der Waals surface area contributed by atoms with E-state index in [9.17, 15) is 24.9 Å². The van der Waals surface area contributed by atoms with Crippen LogP contribution in [0.4, 0.5) is 0 Å². The summed E-state index contributed by atoms with van der Waals surface area (Å²) in [5.41, 5.74) is 0.526. The van der Waals surface area contributed by atoms with Gasteiger partial charge in [-0.2, -0.15) is 0 Å². The number of phenolic OH excluding ortho intramolecular Hbond substituents is 1. The average molecular weight is 401 g/mol. The summed E-state index contributed by atoms with van der Waals surface area (Å²) in [6, 6.07) is 18.6. The monoisotopic (exact) mass is 401 g/mol. The topological polar surface area (TPSA) is 124 Å². The van der Waals surface area contributed by atoms with Crippen LogP contribution in [-0.4, -0.2) is 31.7 Å². The first kappa shape index (κ1) is 18.9. The van der Waals surface area contributed by atoms with E-state index in [2.05, 4.69) is 10.2 Å². The molecule has 0 fully saturated rings. The van der Waals surface area contributed by atoms with Crippen molar-refractivity contribution in [2.24, 2.45) is 10.2 Å². The fourth-order valence-corrected chi connectivity index (χ4v) is 3.07. The van der Waals surface area contributed by atoms with Gasteiger partial charge in [0.2, 0.25) is 11.8 Å². The lowest BCUT2D eigenvalue weighted by molar-refractivity contribution is 0.0945. The van der Waals surface area contributed by atoms with Crippen LogP contribution in [0.1, 0.15) is 20.7 Å². The summed E-state index contributed by atoms with van der Waals surface area (Å²) in [4.78, 5) is 24.2. The van der Waals surface area contributed by atoms with Gasteiger partial charge in [0.05, 0.1) is 11.3 Å². The number of aromatic nitrogens is 1. The molecule has 3 N–H and O–H groups in total. The second kappa shape index (κ2) is 7.51. The van der Waals surface area contributed by atoms with Crippen LogP contribution < -0.4 is 0 Å². The molecule has 0 atom stereocenters. The summed E-state index contributed by atoms with van der Waals surface area (Å²) in [6.07, 6.45) is 0. The van der Waals surface area contributed by atoms with E-state index in [1.165, 1.54) is 41.0 Å². The minimum absolute atomic E-state index is 0.0602. The molecule has 0 aliphatic carbocycles. The van der Waals surface area contributed by atoms with Crippen molar-refractivity contribution in [3.63, 3.8) is 0 Å². The van der Waals surface area contributed by atoms with E-state index >= 15 is 0 Å². The SMILES string of the molecule is O=C(N=NC(=O)c1ccccc1O)c1ccc(-n2c(O)c3ccccc3c2O)cc1. The normalized spacial score (nSPS) is 11.2. The lowest BCUT2D eigenvalue weighted by atomic mass is 10.2. The van der Waals surface area contributed by atoms with E-state index in [1.807, 2.05) is 0 Å². The van der Waals surface area contributed by atoms with Crippen molar-refractivity contribution < 1.29 is 24.9 Å². The van der Waals surface area contributed by atoms with Crippen LogP contribution in [0.15, 0.2) is 83.0 Å². The predicted molar refractivity (Wildman–Crippen MR) is 108 cm³/mol. The molecule has 4 aromatic rings. The Morgan fingerprint density at radius 1 is 0.667 bits per heavy atom. The third kappa shape index (κ3) is 3.26. The molecule has 0 bridgehead atoms. The highest BCUT2D eigenvalue weighted by Crippen LogP contribution is 2.38. The zero-order valence-corrected chi connectivity index (χ0v) is 15.4. The molecule has 0 unspecified atom stereocenters. The summed E-state index contributed by atoms with van der Waals surface area (Å²) < 4.78 is 1.25. The van der Waals surface area contributed by atoms with Crippen LogP contribution in [0, 0.1) is 0 Å². The molecular weight excluding hydrogens is 386 g/mol. The summed E-state index contributed by atoms with van der Waals surface area (Å²) in [7, 11) is 0. The first-order valence-corrected chi connectivity index (χ1v) is 8.87. The second-order valence-electron chi connectivity index (χ2n) is 6.40. The Kier molecular flexibility index (Phi) is 4.73. The number of hydrogen-bond donors (Lipinski definition) is 3. The molecule has 0 aliphatic rings. The number of benzene rings is 3. The summed E-state index contributed by atoms with van der Waals surface area (Å²) in [5.74, 6) is -2.11. The molecule has 4 rings (SSSR count). The quantitative estimate of drug-likeness (QED) is 0.444. The van der Waals surface area contributed by atoms with Crippen molar-refractivity contribution in [2.45, 2.75) is 0 Å². The van der Waals surface area contributed by atoms with Crippen LogP contribution in [0.2, 0.25) is 0 Å². The van der Waals surface area contributed by atoms with Gasteiger partial charge in [-0.25, -0.2) is 0 Å². The molecular formula is C22H15N3O5. The molecule has 2 amide bonds. The maximum atomic E-state index is 12.2. The highest BCUT2D eigenvalue weighted by Gasteiger charge is 2.17. The van der Waals surface area contributed by atoms with Gasteiger partial charge >= 0.3 is 0 Å². The Balaban J connectivity index is 1.58. The molecule has 30 heavy (non-hydrogen) atoms. The number of para-hydroxylation sites is 1. The average Bonchev–Trinajstić information content (AvgIpc) is 3.02. The minimum Gasteiger partial charge on any atom is -0.507 e. The lowest BCUT2D eigenvalue weighted by Crippen LogP contribution is -1.99. The van der Waals surface area contributed by atoms with Crippen molar-refractivity contribution in [2.75, 3.05) is 0 Å².